The summed E-state index contributed by atoms with van der Waals surface area (Å²) in [4.78, 5) is 19.8. The lowest BCUT2D eigenvalue weighted by atomic mass is 9.95. The number of thiophene rings is 1. The number of likely N-dealkylation sites (tertiary alicyclic amines) is 1. The lowest BCUT2D eigenvalue weighted by Crippen LogP contribution is -3.13. The number of piperazine rings is 1. The number of hydrogen-bond acceptors (Lipinski definition) is 4. The molecule has 2 N–H and O–H groups in total. The zero-order chi connectivity index (χ0) is 20.3. The van der Waals surface area contributed by atoms with Crippen LogP contribution in [-0.2, 0) is 17.9 Å². The lowest BCUT2D eigenvalue weighted by Gasteiger charge is -2.36. The molecule has 2 aromatic rings. The molecule has 0 bridgehead atoms. The maximum absolute atomic E-state index is 13.0. The van der Waals surface area contributed by atoms with Crippen molar-refractivity contribution < 1.29 is 24.1 Å². The van der Waals surface area contributed by atoms with Crippen molar-refractivity contribution in [3.05, 3.63) is 46.2 Å². The molecule has 30 heavy (non-hydrogen) atoms. The molecule has 2 saturated heterocycles. The van der Waals surface area contributed by atoms with Crippen molar-refractivity contribution in [1.82, 2.24) is 4.90 Å². The molecule has 7 heteroatoms. The highest BCUT2D eigenvalue weighted by Crippen LogP contribution is 2.32. The third-order valence-electron chi connectivity index (χ3n) is 6.72. The van der Waals surface area contributed by atoms with Gasteiger partial charge in [-0.2, -0.15) is 0 Å². The van der Waals surface area contributed by atoms with E-state index in [1.807, 2.05) is 17.4 Å². The van der Waals surface area contributed by atoms with Crippen LogP contribution in [-0.4, -0.2) is 56.9 Å². The van der Waals surface area contributed by atoms with E-state index in [2.05, 4.69) is 34.5 Å². The molecular formula is C23H31N3O3S+2. The topological polar surface area (TPSA) is 47.7 Å². The molecule has 0 radical (unpaired) electrons. The van der Waals surface area contributed by atoms with Crippen LogP contribution in [0.2, 0.25) is 0 Å². The van der Waals surface area contributed by atoms with Gasteiger partial charge in [0.2, 0.25) is 12.7 Å². The number of ether oxygens (including phenoxy) is 2. The van der Waals surface area contributed by atoms with Crippen LogP contribution in [0.15, 0.2) is 35.7 Å². The van der Waals surface area contributed by atoms with Gasteiger partial charge in [0.25, 0.3) is 0 Å². The second-order valence-corrected chi connectivity index (χ2v) is 9.75. The molecule has 3 aliphatic rings. The summed E-state index contributed by atoms with van der Waals surface area (Å²) in [5.74, 6) is 2.32. The number of quaternary nitrogens is 2. The van der Waals surface area contributed by atoms with Crippen LogP contribution in [0.3, 0.4) is 0 Å². The van der Waals surface area contributed by atoms with E-state index < -0.39 is 0 Å². The average Bonchev–Trinajstić information content (AvgIpc) is 3.46. The number of nitrogens with zero attached hydrogens (tertiary/aromatic N) is 1. The summed E-state index contributed by atoms with van der Waals surface area (Å²) in [6.45, 7) is 8.42. The second-order valence-electron chi connectivity index (χ2n) is 8.72. The Bertz CT molecular complexity index is 857. The Kier molecular flexibility index (Phi) is 5.93. The average molecular weight is 430 g/mol. The molecule has 0 saturated carbocycles. The molecule has 1 aromatic heterocycles. The minimum Gasteiger partial charge on any atom is -0.454 e. The molecule has 5 rings (SSSR count). The van der Waals surface area contributed by atoms with E-state index in [-0.39, 0.29) is 5.92 Å². The van der Waals surface area contributed by atoms with Gasteiger partial charge in [-0.25, -0.2) is 0 Å². The highest BCUT2D eigenvalue weighted by molar-refractivity contribution is 7.09. The highest BCUT2D eigenvalue weighted by atomic mass is 32.1. The molecule has 0 spiro atoms. The molecule has 6 nitrogen and oxygen atoms in total. The SMILES string of the molecule is O=C(C1CC[NH+](Cc2cccs2)CC1)N1CC[NH+](Cc2ccc3c(c2)OCO3)CC1. The number of carbonyl (C=O) groups excluding carboxylic acids is 1. The van der Waals surface area contributed by atoms with E-state index in [0.717, 1.165) is 76.7 Å². The minimum absolute atomic E-state index is 0.229. The fraction of sp³-hybridized carbons (Fsp3) is 0.522. The van der Waals surface area contributed by atoms with Crippen molar-refractivity contribution >= 4 is 17.2 Å². The van der Waals surface area contributed by atoms with E-state index in [1.54, 1.807) is 4.90 Å². The number of fused-ring (bicyclic) bond motifs is 1. The van der Waals surface area contributed by atoms with Crippen molar-refractivity contribution in [3.63, 3.8) is 0 Å². The molecule has 160 valence electrons. The van der Waals surface area contributed by atoms with Crippen LogP contribution in [0, 0.1) is 5.92 Å². The van der Waals surface area contributed by atoms with Gasteiger partial charge in [0.1, 0.15) is 13.1 Å². The normalized spacial score (nSPS) is 24.2. The first-order chi connectivity index (χ1) is 14.7. The molecule has 1 amide bonds. The van der Waals surface area contributed by atoms with Crippen LogP contribution in [0.25, 0.3) is 0 Å². The Labute approximate surface area is 182 Å². The number of piperidine rings is 1. The van der Waals surface area contributed by atoms with Crippen molar-refractivity contribution in [3.8, 4) is 11.5 Å². The van der Waals surface area contributed by atoms with E-state index >= 15 is 0 Å². The van der Waals surface area contributed by atoms with Gasteiger partial charge in [0.05, 0.1) is 44.1 Å². The highest BCUT2D eigenvalue weighted by Gasteiger charge is 2.33. The Morgan fingerprint density at radius 3 is 2.53 bits per heavy atom. The predicted octanol–water partition coefficient (Wildman–Crippen LogP) is 0.199. The zero-order valence-electron chi connectivity index (χ0n) is 17.4. The molecule has 1 aromatic carbocycles. The number of benzene rings is 1. The molecule has 0 unspecified atom stereocenters. The van der Waals surface area contributed by atoms with Crippen molar-refractivity contribution in [2.75, 3.05) is 46.1 Å². The van der Waals surface area contributed by atoms with E-state index in [1.165, 1.54) is 15.3 Å². The van der Waals surface area contributed by atoms with E-state index in [9.17, 15) is 4.79 Å². The Balaban J connectivity index is 1.07. The van der Waals surface area contributed by atoms with Crippen LogP contribution in [0.1, 0.15) is 23.3 Å². The van der Waals surface area contributed by atoms with Gasteiger partial charge in [-0.05, 0) is 29.6 Å². The summed E-state index contributed by atoms with van der Waals surface area (Å²) >= 11 is 1.84. The van der Waals surface area contributed by atoms with Gasteiger partial charge < -0.3 is 24.2 Å². The van der Waals surface area contributed by atoms with Crippen molar-refractivity contribution in [1.29, 1.82) is 0 Å². The summed E-state index contributed by atoms with van der Waals surface area (Å²) in [5.41, 5.74) is 1.27. The monoisotopic (exact) mass is 429 g/mol. The van der Waals surface area contributed by atoms with Crippen molar-refractivity contribution in [2.24, 2.45) is 5.92 Å². The second kappa shape index (κ2) is 8.96. The summed E-state index contributed by atoms with van der Waals surface area (Å²) < 4.78 is 10.9. The zero-order valence-corrected chi connectivity index (χ0v) is 18.2. The third kappa shape index (κ3) is 4.48. The number of hydrogen-bond donors (Lipinski definition) is 2. The van der Waals surface area contributed by atoms with Crippen LogP contribution in [0.4, 0.5) is 0 Å². The molecule has 2 fully saturated rings. The number of rotatable bonds is 5. The van der Waals surface area contributed by atoms with Gasteiger partial charge >= 0.3 is 0 Å². The van der Waals surface area contributed by atoms with Gasteiger partial charge in [0, 0.05) is 24.3 Å². The summed E-state index contributed by atoms with van der Waals surface area (Å²) in [6, 6.07) is 10.6. The maximum Gasteiger partial charge on any atom is 0.231 e. The van der Waals surface area contributed by atoms with Gasteiger partial charge in [-0.15, -0.1) is 11.3 Å². The largest absolute Gasteiger partial charge is 0.454 e. The fourth-order valence-corrected chi connectivity index (χ4v) is 5.70. The minimum atomic E-state index is 0.229. The molecule has 0 aliphatic carbocycles. The first-order valence-electron chi connectivity index (χ1n) is 11.1. The van der Waals surface area contributed by atoms with Gasteiger partial charge in [-0.3, -0.25) is 4.79 Å². The number of amides is 1. The van der Waals surface area contributed by atoms with E-state index in [0.29, 0.717) is 12.7 Å². The van der Waals surface area contributed by atoms with Gasteiger partial charge in [0.15, 0.2) is 11.5 Å². The standard InChI is InChI=1S/C23H29N3O3S/c27-23(19-5-7-24(8-6-19)16-20-2-1-13-30-20)26-11-9-25(10-12-26)15-18-3-4-21-22(14-18)29-17-28-21/h1-4,13-14,19H,5-12,15-17H2/p+2. The summed E-state index contributed by atoms with van der Waals surface area (Å²) in [5, 5.41) is 2.15. The maximum atomic E-state index is 13.0. The van der Waals surface area contributed by atoms with Gasteiger partial charge in [-0.1, -0.05) is 6.07 Å². The van der Waals surface area contributed by atoms with Crippen LogP contribution >= 0.6 is 11.3 Å². The Morgan fingerprint density at radius 1 is 1.00 bits per heavy atom. The Hall–Kier alpha value is -2.09. The quantitative estimate of drug-likeness (QED) is 0.714. The Morgan fingerprint density at radius 2 is 1.77 bits per heavy atom. The molecule has 3 aliphatic heterocycles. The lowest BCUT2D eigenvalue weighted by molar-refractivity contribution is -0.919. The molecular weight excluding hydrogens is 398 g/mol. The fourth-order valence-electron chi connectivity index (χ4n) is 4.93. The third-order valence-corrected chi connectivity index (χ3v) is 7.60. The van der Waals surface area contributed by atoms with Crippen molar-refractivity contribution in [2.45, 2.75) is 25.9 Å². The van der Waals surface area contributed by atoms with E-state index in [4.69, 9.17) is 9.47 Å². The molecule has 0 atom stereocenters. The molecule has 4 heterocycles. The summed E-state index contributed by atoms with van der Waals surface area (Å²) in [7, 11) is 0. The van der Waals surface area contributed by atoms with Crippen LogP contribution in [0.5, 0.6) is 11.5 Å². The smallest absolute Gasteiger partial charge is 0.231 e. The number of nitrogens with one attached hydrogen (secondary N) is 2. The first-order valence-corrected chi connectivity index (χ1v) is 12.0. The van der Waals surface area contributed by atoms with Crippen LogP contribution < -0.4 is 19.3 Å². The predicted molar refractivity (Wildman–Crippen MR) is 115 cm³/mol. The first kappa shape index (κ1) is 19.8. The summed E-state index contributed by atoms with van der Waals surface area (Å²) in [6.07, 6.45) is 2.06. The number of carbonyl (C=O) groups is 1.